The Bertz CT molecular complexity index is 1050. The van der Waals surface area contributed by atoms with Crippen LogP contribution in [-0.2, 0) is 20.9 Å². The first-order valence-corrected chi connectivity index (χ1v) is 14.8. The van der Waals surface area contributed by atoms with Gasteiger partial charge in [-0.3, -0.25) is 9.59 Å². The molecule has 40 heavy (non-hydrogen) atoms. The Kier molecular flexibility index (Phi) is 9.94. The lowest BCUT2D eigenvalue weighted by Crippen LogP contribution is -2.52. The molecule has 0 saturated carbocycles. The third-order valence-corrected chi connectivity index (χ3v) is 8.49. The third kappa shape index (κ3) is 7.54. The van der Waals surface area contributed by atoms with Gasteiger partial charge in [-0.15, -0.1) is 0 Å². The van der Waals surface area contributed by atoms with Crippen molar-refractivity contribution in [2.75, 3.05) is 78.7 Å². The average molecular weight is 554 g/mol. The van der Waals surface area contributed by atoms with Crippen LogP contribution in [0.5, 0.6) is 5.75 Å². The molecule has 1 aromatic carbocycles. The fourth-order valence-electron chi connectivity index (χ4n) is 6.16. The van der Waals surface area contributed by atoms with Gasteiger partial charge in [-0.2, -0.15) is 0 Å². The largest absolute Gasteiger partial charge is 0.489 e. The van der Waals surface area contributed by atoms with Gasteiger partial charge in [0.05, 0.1) is 19.8 Å². The van der Waals surface area contributed by atoms with Gasteiger partial charge in [0, 0.05) is 51.3 Å². The van der Waals surface area contributed by atoms with Gasteiger partial charge in [0.15, 0.2) is 0 Å². The fraction of sp³-hybridized carbons (Fsp3) is 0.633. The highest BCUT2D eigenvalue weighted by molar-refractivity contribution is 5.84. The van der Waals surface area contributed by atoms with Crippen molar-refractivity contribution in [3.05, 3.63) is 42.0 Å². The standard InChI is InChI=1S/C30H43N5O5/c36-28(31-10-14-32-11-3-4-12-32)20-24-9-13-34-21-25(24)7-5-17-40-27-8-2-1-6-26(27)22-35(23-29(34)37)30(38)33-15-18-39-19-16-33/h1-2,5-8,24-25H,3-4,9-23H2,(H,31,36)/t24-,25-/m0/s1. The minimum absolute atomic E-state index is 0.00259. The molecule has 218 valence electrons. The van der Waals surface area contributed by atoms with E-state index in [4.69, 9.17) is 9.47 Å². The lowest BCUT2D eigenvalue weighted by Gasteiger charge is -2.39. The number of nitrogens with one attached hydrogen (secondary N) is 1. The van der Waals surface area contributed by atoms with E-state index in [0.29, 0.717) is 71.3 Å². The number of morpholine rings is 1. The molecule has 0 unspecified atom stereocenters. The molecule has 0 aromatic heterocycles. The summed E-state index contributed by atoms with van der Waals surface area (Å²) in [5.41, 5.74) is 0.867. The molecule has 1 N–H and O–H groups in total. The van der Waals surface area contributed by atoms with Crippen molar-refractivity contribution in [3.63, 3.8) is 0 Å². The highest BCUT2D eigenvalue weighted by Crippen LogP contribution is 2.29. The van der Waals surface area contributed by atoms with Crippen molar-refractivity contribution < 1.29 is 23.9 Å². The Morgan fingerprint density at radius 1 is 0.975 bits per heavy atom. The summed E-state index contributed by atoms with van der Waals surface area (Å²) in [7, 11) is 0. The van der Waals surface area contributed by atoms with Gasteiger partial charge in [0.2, 0.25) is 11.8 Å². The number of hydrogen-bond acceptors (Lipinski definition) is 6. The summed E-state index contributed by atoms with van der Waals surface area (Å²) in [6, 6.07) is 7.53. The van der Waals surface area contributed by atoms with Gasteiger partial charge in [-0.1, -0.05) is 30.4 Å². The van der Waals surface area contributed by atoms with Crippen LogP contribution in [0.2, 0.25) is 0 Å². The second kappa shape index (κ2) is 14.0. The number of fused-ring (bicyclic) bond motifs is 3. The van der Waals surface area contributed by atoms with Gasteiger partial charge < -0.3 is 34.4 Å². The monoisotopic (exact) mass is 553 g/mol. The maximum absolute atomic E-state index is 13.6. The maximum Gasteiger partial charge on any atom is 0.320 e. The van der Waals surface area contributed by atoms with Crippen molar-refractivity contribution in [3.8, 4) is 5.75 Å². The predicted octanol–water partition coefficient (Wildman–Crippen LogP) is 1.96. The molecular formula is C30H43N5O5. The number of benzene rings is 1. The van der Waals surface area contributed by atoms with Crippen LogP contribution in [0.15, 0.2) is 36.4 Å². The lowest BCUT2D eigenvalue weighted by molar-refractivity contribution is -0.134. The minimum Gasteiger partial charge on any atom is -0.489 e. The Balaban J connectivity index is 1.27. The van der Waals surface area contributed by atoms with E-state index in [1.54, 1.807) is 9.80 Å². The normalized spacial score (nSPS) is 24.4. The molecule has 10 nitrogen and oxygen atoms in total. The minimum atomic E-state index is -0.156. The molecule has 4 aliphatic rings. The van der Waals surface area contributed by atoms with Crippen LogP contribution in [0.3, 0.4) is 0 Å². The number of likely N-dealkylation sites (tertiary alicyclic amines) is 1. The Morgan fingerprint density at radius 2 is 1.77 bits per heavy atom. The van der Waals surface area contributed by atoms with E-state index < -0.39 is 0 Å². The molecule has 3 saturated heterocycles. The van der Waals surface area contributed by atoms with Crippen LogP contribution in [-0.4, -0.2) is 116 Å². The molecule has 2 atom stereocenters. The molecule has 2 bridgehead atoms. The molecular weight excluding hydrogens is 510 g/mol. The number of para-hydroxylation sites is 1. The first-order chi connectivity index (χ1) is 19.6. The Labute approximate surface area is 237 Å². The predicted molar refractivity (Wildman–Crippen MR) is 151 cm³/mol. The summed E-state index contributed by atoms with van der Waals surface area (Å²) in [5.74, 6) is 0.912. The molecule has 1 aromatic rings. The zero-order valence-electron chi connectivity index (χ0n) is 23.5. The third-order valence-electron chi connectivity index (χ3n) is 8.49. The lowest BCUT2D eigenvalue weighted by atomic mass is 9.82. The highest BCUT2D eigenvalue weighted by atomic mass is 16.5. The van der Waals surface area contributed by atoms with E-state index in [9.17, 15) is 14.4 Å². The number of amides is 4. The van der Waals surface area contributed by atoms with Crippen LogP contribution in [0, 0.1) is 11.8 Å². The Hall–Kier alpha value is -3.11. The molecule has 0 spiro atoms. The number of carbonyl (C=O) groups excluding carboxylic acids is 3. The number of carbonyl (C=O) groups is 3. The zero-order chi connectivity index (χ0) is 27.7. The summed E-state index contributed by atoms with van der Waals surface area (Å²) in [6.45, 7) is 7.65. The SMILES string of the molecule is O=C(C[C@@H]1CCN2C[C@@H]1C=CCOc1ccccc1CN(C(=O)N1CCOCC1)CC2=O)NCCN1CCCC1. The first kappa shape index (κ1) is 28.4. The van der Waals surface area contributed by atoms with Crippen LogP contribution in [0.4, 0.5) is 4.79 Å². The van der Waals surface area contributed by atoms with Crippen LogP contribution in [0.1, 0.15) is 31.2 Å². The Morgan fingerprint density at radius 3 is 2.60 bits per heavy atom. The van der Waals surface area contributed by atoms with Crippen LogP contribution < -0.4 is 10.1 Å². The molecule has 0 radical (unpaired) electrons. The van der Waals surface area contributed by atoms with E-state index in [1.807, 2.05) is 35.2 Å². The molecule has 4 amide bonds. The first-order valence-electron chi connectivity index (χ1n) is 14.8. The van der Waals surface area contributed by atoms with Crippen LogP contribution in [0.25, 0.3) is 0 Å². The van der Waals surface area contributed by atoms with E-state index in [0.717, 1.165) is 31.6 Å². The fourth-order valence-corrected chi connectivity index (χ4v) is 6.16. The van der Waals surface area contributed by atoms with Gasteiger partial charge in [0.25, 0.3) is 0 Å². The van der Waals surface area contributed by atoms with Crippen molar-refractivity contribution in [1.29, 1.82) is 0 Å². The second-order valence-corrected chi connectivity index (χ2v) is 11.2. The molecule has 3 fully saturated rings. The quantitative estimate of drug-likeness (QED) is 0.561. The maximum atomic E-state index is 13.6. The number of nitrogens with zero attached hydrogens (tertiary/aromatic N) is 4. The van der Waals surface area contributed by atoms with Gasteiger partial charge in [0.1, 0.15) is 18.9 Å². The van der Waals surface area contributed by atoms with Gasteiger partial charge in [-0.05, 0) is 50.3 Å². The smallest absolute Gasteiger partial charge is 0.320 e. The average Bonchev–Trinajstić information content (AvgIpc) is 3.49. The van der Waals surface area contributed by atoms with E-state index in [2.05, 4.69) is 16.3 Å². The van der Waals surface area contributed by atoms with Crippen molar-refractivity contribution in [1.82, 2.24) is 24.9 Å². The molecule has 4 heterocycles. The second-order valence-electron chi connectivity index (χ2n) is 11.2. The summed E-state index contributed by atoms with van der Waals surface area (Å²) in [6.07, 6.45) is 7.80. The van der Waals surface area contributed by atoms with E-state index in [1.165, 1.54) is 12.8 Å². The van der Waals surface area contributed by atoms with Crippen molar-refractivity contribution in [2.24, 2.45) is 11.8 Å². The number of piperidine rings is 1. The topological polar surface area (TPSA) is 94.7 Å². The van der Waals surface area contributed by atoms with Gasteiger partial charge >= 0.3 is 6.03 Å². The number of urea groups is 1. The molecule has 10 heteroatoms. The zero-order valence-corrected chi connectivity index (χ0v) is 23.5. The number of ether oxygens (including phenoxy) is 2. The van der Waals surface area contributed by atoms with Crippen LogP contribution >= 0.6 is 0 Å². The number of rotatable bonds is 5. The van der Waals surface area contributed by atoms with Crippen molar-refractivity contribution >= 4 is 17.8 Å². The molecule has 0 aliphatic carbocycles. The van der Waals surface area contributed by atoms with Gasteiger partial charge in [-0.25, -0.2) is 4.79 Å². The van der Waals surface area contributed by atoms with E-state index in [-0.39, 0.29) is 36.2 Å². The summed E-state index contributed by atoms with van der Waals surface area (Å²) >= 11 is 0. The van der Waals surface area contributed by atoms with E-state index >= 15 is 0 Å². The summed E-state index contributed by atoms with van der Waals surface area (Å²) in [4.78, 5) is 47.6. The summed E-state index contributed by atoms with van der Waals surface area (Å²) < 4.78 is 11.5. The molecule has 5 rings (SSSR count). The highest BCUT2D eigenvalue weighted by Gasteiger charge is 2.34. The number of hydrogen-bond donors (Lipinski definition) is 1. The van der Waals surface area contributed by atoms with Crippen molar-refractivity contribution in [2.45, 2.75) is 32.2 Å². The molecule has 4 aliphatic heterocycles. The summed E-state index contributed by atoms with van der Waals surface area (Å²) in [5, 5.41) is 3.11.